The van der Waals surface area contributed by atoms with Gasteiger partial charge in [0.25, 0.3) is 0 Å². The van der Waals surface area contributed by atoms with Gasteiger partial charge in [-0.05, 0) is 24.2 Å². The standard InChI is InChI=1S/C16H22N2O4/c1-2-17(11-16(19)18-5-7-20-8-6-18)10-13-3-4-14-15(9-13)22-12-21-14/h3-4,9H,2,5-8,10-12H2,1H3. The van der Waals surface area contributed by atoms with Crippen molar-refractivity contribution in [2.24, 2.45) is 0 Å². The Morgan fingerprint density at radius 3 is 2.77 bits per heavy atom. The number of nitrogens with zero attached hydrogens (tertiary/aromatic N) is 2. The summed E-state index contributed by atoms with van der Waals surface area (Å²) in [5.41, 5.74) is 1.13. The summed E-state index contributed by atoms with van der Waals surface area (Å²) in [5, 5.41) is 0. The van der Waals surface area contributed by atoms with Crippen molar-refractivity contribution in [1.82, 2.24) is 9.80 Å². The number of likely N-dealkylation sites (N-methyl/N-ethyl adjacent to an activating group) is 1. The highest BCUT2D eigenvalue weighted by atomic mass is 16.7. The third-order valence-electron chi connectivity index (χ3n) is 4.01. The summed E-state index contributed by atoms with van der Waals surface area (Å²) in [4.78, 5) is 16.3. The zero-order chi connectivity index (χ0) is 15.4. The van der Waals surface area contributed by atoms with E-state index in [9.17, 15) is 4.79 Å². The number of carbonyl (C=O) groups is 1. The van der Waals surface area contributed by atoms with Gasteiger partial charge in [-0.1, -0.05) is 13.0 Å². The van der Waals surface area contributed by atoms with Gasteiger partial charge in [-0.3, -0.25) is 9.69 Å². The lowest BCUT2D eigenvalue weighted by molar-refractivity contribution is -0.136. The molecule has 2 aliphatic rings. The highest BCUT2D eigenvalue weighted by Gasteiger charge is 2.20. The highest BCUT2D eigenvalue weighted by Crippen LogP contribution is 2.32. The summed E-state index contributed by atoms with van der Waals surface area (Å²) in [6.07, 6.45) is 0. The SMILES string of the molecule is CCN(CC(=O)N1CCOCC1)Cc1ccc2c(c1)OCO2. The van der Waals surface area contributed by atoms with Crippen LogP contribution >= 0.6 is 0 Å². The van der Waals surface area contributed by atoms with Crippen LogP contribution < -0.4 is 9.47 Å². The van der Waals surface area contributed by atoms with Crippen LogP contribution in [-0.2, 0) is 16.1 Å². The van der Waals surface area contributed by atoms with Gasteiger partial charge in [-0.15, -0.1) is 0 Å². The van der Waals surface area contributed by atoms with Gasteiger partial charge in [-0.25, -0.2) is 0 Å². The van der Waals surface area contributed by atoms with Crippen molar-refractivity contribution in [2.75, 3.05) is 46.2 Å². The Morgan fingerprint density at radius 2 is 2.00 bits per heavy atom. The first-order valence-electron chi connectivity index (χ1n) is 7.72. The number of hydrogen-bond donors (Lipinski definition) is 0. The molecule has 1 aromatic carbocycles. The van der Waals surface area contributed by atoms with Crippen LogP contribution in [0.25, 0.3) is 0 Å². The maximum Gasteiger partial charge on any atom is 0.236 e. The minimum atomic E-state index is 0.172. The molecule has 120 valence electrons. The average molecular weight is 306 g/mol. The zero-order valence-electron chi connectivity index (χ0n) is 12.9. The Balaban J connectivity index is 1.58. The molecule has 0 radical (unpaired) electrons. The second kappa shape index (κ2) is 6.98. The molecule has 2 heterocycles. The smallest absolute Gasteiger partial charge is 0.236 e. The van der Waals surface area contributed by atoms with Gasteiger partial charge in [0.2, 0.25) is 12.7 Å². The van der Waals surface area contributed by atoms with Crippen molar-refractivity contribution < 1.29 is 19.0 Å². The number of benzene rings is 1. The lowest BCUT2D eigenvalue weighted by Gasteiger charge is -2.29. The number of carbonyl (C=O) groups excluding carboxylic acids is 1. The third kappa shape index (κ3) is 3.51. The Bertz CT molecular complexity index is 529. The quantitative estimate of drug-likeness (QED) is 0.815. The molecule has 1 aromatic rings. The number of hydrogen-bond acceptors (Lipinski definition) is 5. The van der Waals surface area contributed by atoms with Crippen LogP contribution in [0, 0.1) is 0 Å². The lowest BCUT2D eigenvalue weighted by atomic mass is 10.2. The van der Waals surface area contributed by atoms with Gasteiger partial charge in [0.15, 0.2) is 11.5 Å². The molecular formula is C16H22N2O4. The molecule has 3 rings (SSSR count). The van der Waals surface area contributed by atoms with Crippen LogP contribution in [0.4, 0.5) is 0 Å². The number of morpholine rings is 1. The van der Waals surface area contributed by atoms with Crippen LogP contribution in [0.2, 0.25) is 0 Å². The van der Waals surface area contributed by atoms with Crippen molar-refractivity contribution >= 4 is 5.91 Å². The minimum Gasteiger partial charge on any atom is -0.454 e. The fourth-order valence-corrected chi connectivity index (χ4v) is 2.68. The van der Waals surface area contributed by atoms with Gasteiger partial charge < -0.3 is 19.1 Å². The van der Waals surface area contributed by atoms with E-state index in [2.05, 4.69) is 11.8 Å². The third-order valence-corrected chi connectivity index (χ3v) is 4.01. The topological polar surface area (TPSA) is 51.2 Å². The van der Waals surface area contributed by atoms with Gasteiger partial charge in [0.1, 0.15) is 0 Å². The molecule has 0 aromatic heterocycles. The van der Waals surface area contributed by atoms with Crippen molar-refractivity contribution in [3.63, 3.8) is 0 Å². The Hall–Kier alpha value is -1.79. The first kappa shape index (κ1) is 15.1. The highest BCUT2D eigenvalue weighted by molar-refractivity contribution is 5.78. The molecule has 6 nitrogen and oxygen atoms in total. The van der Waals surface area contributed by atoms with Crippen LogP contribution in [-0.4, -0.2) is 61.9 Å². The van der Waals surface area contributed by atoms with Crippen molar-refractivity contribution in [1.29, 1.82) is 0 Å². The summed E-state index contributed by atoms with van der Waals surface area (Å²) >= 11 is 0. The van der Waals surface area contributed by atoms with Crippen LogP contribution in [0.15, 0.2) is 18.2 Å². The predicted molar refractivity (Wildman–Crippen MR) is 80.9 cm³/mol. The van der Waals surface area contributed by atoms with Crippen LogP contribution in [0.3, 0.4) is 0 Å². The molecule has 1 amide bonds. The molecule has 0 spiro atoms. The normalized spacial score (nSPS) is 17.1. The average Bonchev–Trinajstić information content (AvgIpc) is 3.02. The maximum absolute atomic E-state index is 12.3. The molecule has 0 aliphatic carbocycles. The summed E-state index contributed by atoms with van der Waals surface area (Å²) < 4.78 is 16.0. The Kier molecular flexibility index (Phi) is 4.80. The molecule has 2 aliphatic heterocycles. The van der Waals surface area contributed by atoms with E-state index in [4.69, 9.17) is 14.2 Å². The molecule has 0 unspecified atom stereocenters. The molecule has 0 bridgehead atoms. The van der Waals surface area contributed by atoms with E-state index < -0.39 is 0 Å². The van der Waals surface area contributed by atoms with E-state index in [-0.39, 0.29) is 12.7 Å². The predicted octanol–water partition coefficient (Wildman–Crippen LogP) is 1.10. The van der Waals surface area contributed by atoms with Gasteiger partial charge in [-0.2, -0.15) is 0 Å². The molecule has 6 heteroatoms. The molecule has 1 saturated heterocycles. The number of fused-ring (bicyclic) bond motifs is 1. The maximum atomic E-state index is 12.3. The molecule has 0 saturated carbocycles. The molecule has 0 N–H and O–H groups in total. The van der Waals surface area contributed by atoms with E-state index >= 15 is 0 Å². The number of ether oxygens (including phenoxy) is 3. The van der Waals surface area contributed by atoms with E-state index in [0.717, 1.165) is 30.2 Å². The van der Waals surface area contributed by atoms with Gasteiger partial charge >= 0.3 is 0 Å². The first-order valence-corrected chi connectivity index (χ1v) is 7.72. The van der Waals surface area contributed by atoms with Crippen LogP contribution in [0.5, 0.6) is 11.5 Å². The second-order valence-electron chi connectivity index (χ2n) is 5.48. The lowest BCUT2D eigenvalue weighted by Crippen LogP contribution is -2.45. The summed E-state index contributed by atoms with van der Waals surface area (Å²) in [5.74, 6) is 1.75. The molecular weight excluding hydrogens is 284 g/mol. The monoisotopic (exact) mass is 306 g/mol. The Labute approximate surface area is 130 Å². The Morgan fingerprint density at radius 1 is 1.23 bits per heavy atom. The summed E-state index contributed by atoms with van der Waals surface area (Å²) in [7, 11) is 0. The summed E-state index contributed by atoms with van der Waals surface area (Å²) in [6.45, 7) is 7.00. The van der Waals surface area contributed by atoms with E-state index in [1.54, 1.807) is 0 Å². The van der Waals surface area contributed by atoms with Crippen molar-refractivity contribution in [3.05, 3.63) is 23.8 Å². The van der Waals surface area contributed by atoms with Gasteiger partial charge in [0.05, 0.1) is 19.8 Å². The molecule has 1 fully saturated rings. The van der Waals surface area contributed by atoms with E-state index in [1.165, 1.54) is 0 Å². The molecule has 0 atom stereocenters. The fraction of sp³-hybridized carbons (Fsp3) is 0.562. The minimum absolute atomic E-state index is 0.172. The zero-order valence-corrected chi connectivity index (χ0v) is 12.9. The van der Waals surface area contributed by atoms with Gasteiger partial charge in [0, 0.05) is 19.6 Å². The van der Waals surface area contributed by atoms with Crippen molar-refractivity contribution in [2.45, 2.75) is 13.5 Å². The number of amides is 1. The second-order valence-corrected chi connectivity index (χ2v) is 5.48. The largest absolute Gasteiger partial charge is 0.454 e. The van der Waals surface area contributed by atoms with Crippen molar-refractivity contribution in [3.8, 4) is 11.5 Å². The number of rotatable bonds is 5. The van der Waals surface area contributed by atoms with Crippen LogP contribution in [0.1, 0.15) is 12.5 Å². The molecule has 22 heavy (non-hydrogen) atoms. The van der Waals surface area contributed by atoms with E-state index in [1.807, 2.05) is 23.1 Å². The fourth-order valence-electron chi connectivity index (χ4n) is 2.68. The first-order chi connectivity index (χ1) is 10.8. The summed E-state index contributed by atoms with van der Waals surface area (Å²) in [6, 6.07) is 5.94. The van der Waals surface area contributed by atoms with E-state index in [0.29, 0.717) is 32.8 Å².